The van der Waals surface area contributed by atoms with E-state index in [0.717, 1.165) is 19.3 Å². The highest BCUT2D eigenvalue weighted by Crippen LogP contribution is 2.74. The largest absolute Gasteiger partial charge is 0.466 e. The SMILES string of the molecule is CCCOCCOC(=O)c1ccc2c(c1)C1(C)C=C(C=CCC(=O)OCC)C3(C)C4CCCCC4(C)CCC3(C)C1CC2. The van der Waals surface area contributed by atoms with Crippen LogP contribution in [-0.2, 0) is 30.8 Å². The van der Waals surface area contributed by atoms with Gasteiger partial charge in [0.15, 0.2) is 0 Å². The summed E-state index contributed by atoms with van der Waals surface area (Å²) in [6, 6.07) is 6.21. The predicted molar refractivity (Wildman–Crippen MR) is 171 cm³/mol. The van der Waals surface area contributed by atoms with Gasteiger partial charge in [-0.1, -0.05) is 71.8 Å². The number of hydrogen-bond donors (Lipinski definition) is 0. The van der Waals surface area contributed by atoms with E-state index in [1.54, 1.807) is 0 Å². The lowest BCUT2D eigenvalue weighted by Crippen LogP contribution is -2.63. The third-order valence-electron chi connectivity index (χ3n) is 12.3. The lowest BCUT2D eigenvalue weighted by molar-refractivity contribution is -0.152. The molecule has 0 spiro atoms. The van der Waals surface area contributed by atoms with E-state index in [9.17, 15) is 9.59 Å². The topological polar surface area (TPSA) is 61.8 Å². The number of rotatable bonds is 10. The van der Waals surface area contributed by atoms with Crippen LogP contribution in [0.3, 0.4) is 0 Å². The number of ether oxygens (including phenoxy) is 3. The monoisotopic (exact) mass is 590 g/mol. The van der Waals surface area contributed by atoms with Crippen LogP contribution in [0.1, 0.15) is 121 Å². The summed E-state index contributed by atoms with van der Waals surface area (Å²) in [5, 5.41) is 0. The number of esters is 2. The third kappa shape index (κ3) is 5.53. The van der Waals surface area contributed by atoms with Crippen molar-refractivity contribution in [2.24, 2.45) is 28.1 Å². The maximum atomic E-state index is 13.1. The van der Waals surface area contributed by atoms with Gasteiger partial charge in [0.1, 0.15) is 6.61 Å². The number of fused-ring (bicyclic) bond motifs is 7. The van der Waals surface area contributed by atoms with Crippen molar-refractivity contribution in [3.05, 3.63) is 58.7 Å². The van der Waals surface area contributed by atoms with E-state index >= 15 is 0 Å². The van der Waals surface area contributed by atoms with E-state index < -0.39 is 0 Å². The van der Waals surface area contributed by atoms with Crippen molar-refractivity contribution in [1.29, 1.82) is 0 Å². The standard InChI is InChI=1S/C38H54O5/c1-7-22-41-23-24-43-34(40)28-16-15-27-17-18-32-36(4,30(27)25-28)26-29(12-11-14-33(39)42-8-2)38(6)31-13-9-10-19-35(31,3)20-21-37(32,38)5/h11-12,15-16,25-26,31-32H,7-10,13-14,17-24H2,1-6H3. The predicted octanol–water partition coefficient (Wildman–Crippen LogP) is 8.54. The molecule has 1 aromatic rings. The maximum Gasteiger partial charge on any atom is 0.338 e. The van der Waals surface area contributed by atoms with Gasteiger partial charge in [0.2, 0.25) is 0 Å². The molecular weight excluding hydrogens is 536 g/mol. The minimum absolute atomic E-state index is 0.00227. The highest BCUT2D eigenvalue weighted by atomic mass is 16.6. The molecule has 4 aliphatic rings. The second kappa shape index (κ2) is 12.5. The van der Waals surface area contributed by atoms with Crippen LogP contribution in [0.25, 0.3) is 0 Å². The average molecular weight is 591 g/mol. The lowest BCUT2D eigenvalue weighted by Gasteiger charge is -2.70. The van der Waals surface area contributed by atoms with Gasteiger partial charge in [0, 0.05) is 17.4 Å². The first-order valence-corrected chi connectivity index (χ1v) is 17.0. The molecule has 0 radical (unpaired) electrons. The van der Waals surface area contributed by atoms with Crippen LogP contribution in [0.2, 0.25) is 0 Å². The van der Waals surface area contributed by atoms with Gasteiger partial charge in [-0.3, -0.25) is 4.79 Å². The van der Waals surface area contributed by atoms with Crippen LogP contribution in [0.15, 0.2) is 42.0 Å². The Labute approximate surface area is 259 Å². The molecule has 0 aliphatic heterocycles. The second-order valence-electron chi connectivity index (χ2n) is 14.6. The summed E-state index contributed by atoms with van der Waals surface area (Å²) in [5.41, 5.74) is 4.78. The zero-order valence-electron chi connectivity index (χ0n) is 27.6. The summed E-state index contributed by atoms with van der Waals surface area (Å²) in [5.74, 6) is 0.604. The van der Waals surface area contributed by atoms with Gasteiger partial charge >= 0.3 is 11.9 Å². The van der Waals surface area contributed by atoms with Gasteiger partial charge in [-0.25, -0.2) is 4.79 Å². The molecule has 2 fully saturated rings. The van der Waals surface area contributed by atoms with E-state index in [1.807, 2.05) is 19.1 Å². The summed E-state index contributed by atoms with van der Waals surface area (Å²) in [4.78, 5) is 25.5. The second-order valence-corrected chi connectivity index (χ2v) is 14.6. The van der Waals surface area contributed by atoms with Gasteiger partial charge < -0.3 is 14.2 Å². The van der Waals surface area contributed by atoms with Crippen LogP contribution in [0.4, 0.5) is 0 Å². The molecule has 43 heavy (non-hydrogen) atoms. The van der Waals surface area contributed by atoms with E-state index in [-0.39, 0.29) is 41.2 Å². The van der Waals surface area contributed by atoms with E-state index in [1.165, 1.54) is 55.2 Å². The molecule has 5 nitrogen and oxygen atoms in total. The minimum atomic E-state index is -0.283. The number of hydrogen-bond acceptors (Lipinski definition) is 5. The smallest absolute Gasteiger partial charge is 0.338 e. The van der Waals surface area contributed by atoms with Crippen molar-refractivity contribution >= 4 is 11.9 Å². The Kier molecular flexibility index (Phi) is 9.33. The number of allylic oxidation sites excluding steroid dienone is 3. The Bertz CT molecular complexity index is 1260. The minimum Gasteiger partial charge on any atom is -0.466 e. The third-order valence-corrected chi connectivity index (χ3v) is 12.3. The van der Waals surface area contributed by atoms with Gasteiger partial charge in [0.05, 0.1) is 25.2 Å². The molecular formula is C38H54O5. The zero-order chi connectivity index (χ0) is 30.9. The highest BCUT2D eigenvalue weighted by molar-refractivity contribution is 5.90. The Morgan fingerprint density at radius 1 is 0.930 bits per heavy atom. The molecule has 1 aromatic carbocycles. The number of carbonyl (C=O) groups is 2. The highest BCUT2D eigenvalue weighted by Gasteiger charge is 2.67. The van der Waals surface area contributed by atoms with Crippen molar-refractivity contribution < 1.29 is 23.8 Å². The first-order valence-electron chi connectivity index (χ1n) is 17.0. The van der Waals surface area contributed by atoms with Crippen molar-refractivity contribution in [1.82, 2.24) is 0 Å². The molecule has 236 valence electrons. The molecule has 0 N–H and O–H groups in total. The van der Waals surface area contributed by atoms with Crippen molar-refractivity contribution in [3.63, 3.8) is 0 Å². The van der Waals surface area contributed by atoms with Crippen LogP contribution in [0.5, 0.6) is 0 Å². The maximum absolute atomic E-state index is 13.1. The summed E-state index contributed by atoms with van der Waals surface area (Å²) in [7, 11) is 0. The number of aryl methyl sites for hydroxylation is 1. The zero-order valence-corrected chi connectivity index (χ0v) is 27.6. The number of benzene rings is 1. The van der Waals surface area contributed by atoms with Crippen molar-refractivity contribution in [3.8, 4) is 0 Å². The van der Waals surface area contributed by atoms with Crippen LogP contribution in [-0.4, -0.2) is 38.4 Å². The van der Waals surface area contributed by atoms with Crippen molar-refractivity contribution in [2.75, 3.05) is 26.4 Å². The number of carbonyl (C=O) groups excluding carboxylic acids is 2. The molecule has 5 rings (SSSR count). The van der Waals surface area contributed by atoms with E-state index in [2.05, 4.69) is 58.9 Å². The van der Waals surface area contributed by atoms with Gasteiger partial charge in [-0.2, -0.15) is 0 Å². The Hall–Kier alpha value is -2.40. The fourth-order valence-corrected chi connectivity index (χ4v) is 10.0. The Balaban J connectivity index is 1.57. The molecule has 0 amide bonds. The molecule has 0 aromatic heterocycles. The molecule has 0 bridgehead atoms. The van der Waals surface area contributed by atoms with Gasteiger partial charge in [-0.15, -0.1) is 0 Å². The first kappa shape index (κ1) is 32.0. The lowest BCUT2D eigenvalue weighted by atomic mass is 9.34. The molecule has 6 atom stereocenters. The fourth-order valence-electron chi connectivity index (χ4n) is 10.0. The van der Waals surface area contributed by atoms with Crippen LogP contribution >= 0.6 is 0 Å². The quantitative estimate of drug-likeness (QED) is 0.202. The molecule has 4 aliphatic carbocycles. The first-order chi connectivity index (χ1) is 20.5. The molecule has 0 saturated heterocycles. The van der Waals surface area contributed by atoms with Gasteiger partial charge in [0.25, 0.3) is 0 Å². The molecule has 6 unspecified atom stereocenters. The summed E-state index contributed by atoms with van der Waals surface area (Å²) >= 11 is 0. The van der Waals surface area contributed by atoms with Crippen LogP contribution < -0.4 is 0 Å². The van der Waals surface area contributed by atoms with Crippen LogP contribution in [0, 0.1) is 28.1 Å². The molecule has 0 heterocycles. The summed E-state index contributed by atoms with van der Waals surface area (Å²) in [6.45, 7) is 15.8. The van der Waals surface area contributed by atoms with E-state index in [0.29, 0.717) is 42.6 Å². The molecule has 5 heteroatoms. The van der Waals surface area contributed by atoms with E-state index in [4.69, 9.17) is 14.2 Å². The summed E-state index contributed by atoms with van der Waals surface area (Å²) < 4.78 is 16.4. The molecule has 2 saturated carbocycles. The van der Waals surface area contributed by atoms with Crippen molar-refractivity contribution in [2.45, 2.75) is 111 Å². The summed E-state index contributed by atoms with van der Waals surface area (Å²) in [6.07, 6.45) is 17.9. The van der Waals surface area contributed by atoms with Gasteiger partial charge in [-0.05, 0) is 103 Å². The average Bonchev–Trinajstić information content (AvgIpc) is 2.98. The Morgan fingerprint density at radius 3 is 2.51 bits per heavy atom. The fraction of sp³-hybridized carbons (Fsp3) is 0.684. The Morgan fingerprint density at radius 2 is 1.74 bits per heavy atom. The normalized spacial score (nSPS) is 34.8.